The summed E-state index contributed by atoms with van der Waals surface area (Å²) in [4.78, 5) is 11.8. The molecule has 0 heterocycles. The second-order valence-electron chi connectivity index (χ2n) is 5.87. The van der Waals surface area contributed by atoms with Crippen molar-refractivity contribution in [1.29, 1.82) is 0 Å². The number of hydrogen-bond donors (Lipinski definition) is 0. The molecule has 0 amide bonds. The summed E-state index contributed by atoms with van der Waals surface area (Å²) in [5.41, 5.74) is 1.74. The Labute approximate surface area is 86.6 Å². The first-order valence-electron chi connectivity index (χ1n) is 5.69. The maximum absolute atomic E-state index is 11.8. The predicted octanol–water partition coefficient (Wildman–Crippen LogP) is 3.35. The average Bonchev–Trinajstić information content (AvgIpc) is 2.00. The molecule has 0 aliphatic heterocycles. The van der Waals surface area contributed by atoms with Gasteiger partial charge in [0.05, 0.1) is 0 Å². The van der Waals surface area contributed by atoms with Gasteiger partial charge in [0.15, 0.2) is 5.78 Å². The first-order valence-corrected chi connectivity index (χ1v) is 5.69. The summed E-state index contributed by atoms with van der Waals surface area (Å²) in [5.74, 6) is 1.39. The molecule has 14 heavy (non-hydrogen) atoms. The number of carbonyl (C=O) groups is 1. The van der Waals surface area contributed by atoms with Crippen LogP contribution in [0.4, 0.5) is 0 Å². The van der Waals surface area contributed by atoms with Crippen LogP contribution in [0, 0.1) is 17.3 Å². The molecule has 2 atom stereocenters. The van der Waals surface area contributed by atoms with Crippen molar-refractivity contribution in [2.75, 3.05) is 0 Å². The molecule has 0 aromatic rings. The Morgan fingerprint density at radius 3 is 2.86 bits per heavy atom. The van der Waals surface area contributed by atoms with E-state index in [2.05, 4.69) is 20.8 Å². The molecule has 1 nitrogen and oxygen atoms in total. The summed E-state index contributed by atoms with van der Waals surface area (Å²) >= 11 is 0. The minimum Gasteiger partial charge on any atom is -0.295 e. The highest BCUT2D eigenvalue weighted by Gasteiger charge is 2.39. The van der Waals surface area contributed by atoms with Crippen LogP contribution < -0.4 is 0 Å². The van der Waals surface area contributed by atoms with Crippen molar-refractivity contribution < 1.29 is 4.79 Å². The molecule has 0 unspecified atom stereocenters. The van der Waals surface area contributed by atoms with Gasteiger partial charge in [-0.25, -0.2) is 0 Å². The Morgan fingerprint density at radius 2 is 2.14 bits per heavy atom. The zero-order valence-corrected chi connectivity index (χ0v) is 9.47. The molecular weight excluding hydrogens is 172 g/mol. The van der Waals surface area contributed by atoms with Gasteiger partial charge in [-0.1, -0.05) is 19.4 Å². The average molecular weight is 192 g/mol. The summed E-state index contributed by atoms with van der Waals surface area (Å²) in [7, 11) is 0. The lowest BCUT2D eigenvalue weighted by atomic mass is 9.63. The van der Waals surface area contributed by atoms with Crippen LogP contribution in [0.2, 0.25) is 0 Å². The topological polar surface area (TPSA) is 17.1 Å². The van der Waals surface area contributed by atoms with Crippen LogP contribution in [-0.2, 0) is 4.79 Å². The summed E-state index contributed by atoms with van der Waals surface area (Å²) in [6.07, 6.45) is 6.58. The van der Waals surface area contributed by atoms with Gasteiger partial charge in [0.1, 0.15) is 0 Å². The van der Waals surface area contributed by atoms with E-state index in [0.29, 0.717) is 23.0 Å². The van der Waals surface area contributed by atoms with Crippen LogP contribution in [0.1, 0.15) is 46.5 Å². The molecule has 78 valence electrons. The van der Waals surface area contributed by atoms with Crippen molar-refractivity contribution in [3.63, 3.8) is 0 Å². The fraction of sp³-hybridized carbons (Fsp3) is 0.769. The van der Waals surface area contributed by atoms with E-state index >= 15 is 0 Å². The summed E-state index contributed by atoms with van der Waals surface area (Å²) in [5, 5.41) is 0. The molecule has 0 aromatic heterocycles. The number of allylic oxidation sites excluding steroid dienone is 2. The third-order valence-corrected chi connectivity index (χ3v) is 3.85. The molecule has 1 fully saturated rings. The Bertz CT molecular complexity index is 286. The number of ketones is 1. The second kappa shape index (κ2) is 3.22. The van der Waals surface area contributed by atoms with E-state index in [4.69, 9.17) is 0 Å². The van der Waals surface area contributed by atoms with Crippen molar-refractivity contribution in [3.05, 3.63) is 11.6 Å². The Hall–Kier alpha value is -0.590. The number of fused-ring (bicyclic) bond motifs is 1. The predicted molar refractivity (Wildman–Crippen MR) is 58.0 cm³/mol. The van der Waals surface area contributed by atoms with Crippen molar-refractivity contribution >= 4 is 5.78 Å². The molecule has 1 heteroatoms. The third kappa shape index (κ3) is 1.77. The molecule has 2 aliphatic rings. The van der Waals surface area contributed by atoms with Gasteiger partial charge in [0.2, 0.25) is 0 Å². The molecule has 0 N–H and O–H groups in total. The maximum Gasteiger partial charge on any atom is 0.158 e. The lowest BCUT2D eigenvalue weighted by Crippen LogP contribution is -2.36. The highest BCUT2D eigenvalue weighted by molar-refractivity contribution is 5.93. The van der Waals surface area contributed by atoms with Crippen LogP contribution in [0.25, 0.3) is 0 Å². The lowest BCUT2D eigenvalue weighted by Gasteiger charge is -2.41. The fourth-order valence-electron chi connectivity index (χ4n) is 3.15. The van der Waals surface area contributed by atoms with Gasteiger partial charge >= 0.3 is 0 Å². The number of carbonyl (C=O) groups excluding carboxylic acids is 1. The van der Waals surface area contributed by atoms with E-state index in [1.165, 1.54) is 18.4 Å². The SMILES string of the molecule is CC1=CC(=O)[C@@H]2CCC(C)(C)C[C@H]2C1. The molecule has 2 aliphatic carbocycles. The van der Waals surface area contributed by atoms with Crippen molar-refractivity contribution in [2.24, 2.45) is 17.3 Å². The van der Waals surface area contributed by atoms with Crippen LogP contribution >= 0.6 is 0 Å². The van der Waals surface area contributed by atoms with Gasteiger partial charge in [0, 0.05) is 5.92 Å². The highest BCUT2D eigenvalue weighted by atomic mass is 16.1. The summed E-state index contributed by atoms with van der Waals surface area (Å²) in [6, 6.07) is 0. The Balaban J connectivity index is 2.18. The Kier molecular flexibility index (Phi) is 2.29. The van der Waals surface area contributed by atoms with Gasteiger partial charge in [-0.3, -0.25) is 4.79 Å². The highest BCUT2D eigenvalue weighted by Crippen LogP contribution is 2.46. The van der Waals surface area contributed by atoms with Gasteiger partial charge in [-0.15, -0.1) is 0 Å². The molecule has 0 bridgehead atoms. The summed E-state index contributed by atoms with van der Waals surface area (Å²) in [6.45, 7) is 6.76. The quantitative estimate of drug-likeness (QED) is 0.575. The van der Waals surface area contributed by atoms with Gasteiger partial charge < -0.3 is 0 Å². The number of rotatable bonds is 0. The van der Waals surface area contributed by atoms with E-state index in [1.807, 2.05) is 6.08 Å². The molecule has 0 aromatic carbocycles. The van der Waals surface area contributed by atoms with Crippen molar-refractivity contribution in [2.45, 2.75) is 46.5 Å². The van der Waals surface area contributed by atoms with Crippen LogP contribution in [0.5, 0.6) is 0 Å². The van der Waals surface area contributed by atoms with E-state index in [-0.39, 0.29) is 0 Å². The molecular formula is C13H20O. The lowest BCUT2D eigenvalue weighted by molar-refractivity contribution is -0.122. The number of hydrogen-bond acceptors (Lipinski definition) is 1. The summed E-state index contributed by atoms with van der Waals surface area (Å²) < 4.78 is 0. The minimum absolute atomic E-state index is 0.353. The fourth-order valence-corrected chi connectivity index (χ4v) is 3.15. The van der Waals surface area contributed by atoms with Crippen LogP contribution in [0.3, 0.4) is 0 Å². The van der Waals surface area contributed by atoms with Crippen molar-refractivity contribution in [3.8, 4) is 0 Å². The van der Waals surface area contributed by atoms with Gasteiger partial charge in [-0.05, 0) is 50.0 Å². The minimum atomic E-state index is 0.353. The van der Waals surface area contributed by atoms with Crippen LogP contribution in [0.15, 0.2) is 11.6 Å². The van der Waals surface area contributed by atoms with E-state index in [9.17, 15) is 4.79 Å². The standard InChI is InChI=1S/C13H20O/c1-9-6-10-8-13(2,3)5-4-11(10)12(14)7-9/h7,10-11H,4-6,8H2,1-3H3/t10-,11-/m1/s1. The monoisotopic (exact) mass is 192 g/mol. The molecule has 0 radical (unpaired) electrons. The van der Waals surface area contributed by atoms with Crippen molar-refractivity contribution in [1.82, 2.24) is 0 Å². The molecule has 0 spiro atoms. The molecule has 1 saturated carbocycles. The zero-order valence-electron chi connectivity index (χ0n) is 9.47. The second-order valence-corrected chi connectivity index (χ2v) is 5.87. The van der Waals surface area contributed by atoms with Crippen LogP contribution in [-0.4, -0.2) is 5.78 Å². The van der Waals surface area contributed by atoms with E-state index in [0.717, 1.165) is 12.8 Å². The maximum atomic E-state index is 11.8. The smallest absolute Gasteiger partial charge is 0.158 e. The van der Waals surface area contributed by atoms with E-state index < -0.39 is 0 Å². The zero-order chi connectivity index (χ0) is 10.3. The largest absolute Gasteiger partial charge is 0.295 e. The third-order valence-electron chi connectivity index (χ3n) is 3.85. The first-order chi connectivity index (χ1) is 6.48. The molecule has 0 saturated heterocycles. The first kappa shape index (κ1) is 9.95. The van der Waals surface area contributed by atoms with Gasteiger partial charge in [0.25, 0.3) is 0 Å². The van der Waals surface area contributed by atoms with Gasteiger partial charge in [-0.2, -0.15) is 0 Å². The Morgan fingerprint density at radius 1 is 1.43 bits per heavy atom. The normalized spacial score (nSPS) is 36.2. The van der Waals surface area contributed by atoms with E-state index in [1.54, 1.807) is 0 Å². The molecule has 2 rings (SSSR count).